The van der Waals surface area contributed by atoms with Crippen LogP contribution in [0.25, 0.3) is 0 Å². The number of rotatable bonds is 6. The smallest absolute Gasteiger partial charge is 0.238 e. The quantitative estimate of drug-likeness (QED) is 0.885. The van der Waals surface area contributed by atoms with Gasteiger partial charge in [-0.05, 0) is 34.7 Å². The van der Waals surface area contributed by atoms with Gasteiger partial charge in [0.25, 0.3) is 0 Å². The Morgan fingerprint density at radius 3 is 2.77 bits per heavy atom. The van der Waals surface area contributed by atoms with E-state index in [0.29, 0.717) is 0 Å². The van der Waals surface area contributed by atoms with Crippen molar-refractivity contribution in [3.05, 3.63) is 29.4 Å². The van der Waals surface area contributed by atoms with Crippen molar-refractivity contribution in [3.8, 4) is 0 Å². The summed E-state index contributed by atoms with van der Waals surface area (Å²) in [6.45, 7) is 8.92. The lowest BCUT2D eigenvalue weighted by Gasteiger charge is -2.22. The summed E-state index contributed by atoms with van der Waals surface area (Å²) in [5, 5.41) is 11.3. The van der Waals surface area contributed by atoms with Crippen molar-refractivity contribution in [2.24, 2.45) is 0 Å². The number of carbonyl (C=O) groups excluding carboxylic acids is 1. The molecule has 0 radical (unpaired) electrons. The SMILES string of the molecule is CCn1nc(C)c(NC(=O)CN(C)[C@H](C)c2ccon2)c1C. The lowest BCUT2D eigenvalue weighted by molar-refractivity contribution is -0.117. The predicted molar refractivity (Wildman–Crippen MR) is 83.6 cm³/mol. The molecular weight excluding hydrogens is 282 g/mol. The molecule has 2 aromatic heterocycles. The van der Waals surface area contributed by atoms with Gasteiger partial charge in [0.05, 0.1) is 29.7 Å². The van der Waals surface area contributed by atoms with Gasteiger partial charge in [-0.25, -0.2) is 0 Å². The van der Waals surface area contributed by atoms with Crippen LogP contribution >= 0.6 is 0 Å². The first kappa shape index (κ1) is 16.2. The maximum atomic E-state index is 12.3. The van der Waals surface area contributed by atoms with Crippen LogP contribution in [-0.2, 0) is 11.3 Å². The molecule has 22 heavy (non-hydrogen) atoms. The summed E-state index contributed by atoms with van der Waals surface area (Å²) < 4.78 is 6.73. The van der Waals surface area contributed by atoms with Gasteiger partial charge in [-0.1, -0.05) is 5.16 Å². The van der Waals surface area contributed by atoms with Gasteiger partial charge in [-0.3, -0.25) is 14.4 Å². The fourth-order valence-corrected chi connectivity index (χ4v) is 2.39. The molecule has 0 saturated heterocycles. The number of nitrogens with one attached hydrogen (secondary N) is 1. The fourth-order valence-electron chi connectivity index (χ4n) is 2.39. The minimum Gasteiger partial charge on any atom is -0.364 e. The standard InChI is InChI=1S/C15H23N5O2/c1-6-20-12(4)15(10(2)17-20)16-14(21)9-19(5)11(3)13-7-8-22-18-13/h7-8,11H,6,9H2,1-5H3,(H,16,21)/t11-/m1/s1. The largest absolute Gasteiger partial charge is 0.364 e. The zero-order valence-corrected chi connectivity index (χ0v) is 13.8. The van der Waals surface area contributed by atoms with Crippen LogP contribution in [-0.4, -0.2) is 39.3 Å². The summed E-state index contributed by atoms with van der Waals surface area (Å²) in [6, 6.07) is 1.81. The Morgan fingerprint density at radius 1 is 1.50 bits per heavy atom. The molecule has 7 nitrogen and oxygen atoms in total. The number of amides is 1. The van der Waals surface area contributed by atoms with Crippen LogP contribution in [0.15, 0.2) is 16.9 Å². The molecule has 0 aromatic carbocycles. The molecule has 0 aliphatic rings. The predicted octanol–water partition coefficient (Wildman–Crippen LogP) is 2.14. The van der Waals surface area contributed by atoms with E-state index in [-0.39, 0.29) is 18.5 Å². The van der Waals surface area contributed by atoms with Gasteiger partial charge in [0.15, 0.2) is 0 Å². The highest BCUT2D eigenvalue weighted by Crippen LogP contribution is 2.20. The number of likely N-dealkylation sites (N-methyl/N-ethyl adjacent to an activating group) is 1. The molecule has 0 bridgehead atoms. The number of hydrogen-bond donors (Lipinski definition) is 1. The van der Waals surface area contributed by atoms with E-state index in [1.807, 2.05) is 44.3 Å². The summed E-state index contributed by atoms with van der Waals surface area (Å²) in [6.07, 6.45) is 1.53. The Balaban J connectivity index is 2.00. The third kappa shape index (κ3) is 3.36. The number of anilines is 1. The topological polar surface area (TPSA) is 76.2 Å². The van der Waals surface area contributed by atoms with Gasteiger partial charge in [0.1, 0.15) is 12.0 Å². The van der Waals surface area contributed by atoms with Crippen LogP contribution in [0.4, 0.5) is 5.69 Å². The van der Waals surface area contributed by atoms with Gasteiger partial charge < -0.3 is 9.84 Å². The molecule has 0 fully saturated rings. The Kier molecular flexibility index (Phi) is 4.97. The van der Waals surface area contributed by atoms with Crippen LogP contribution in [0.2, 0.25) is 0 Å². The van der Waals surface area contributed by atoms with Crippen molar-refractivity contribution in [2.45, 2.75) is 40.3 Å². The lowest BCUT2D eigenvalue weighted by Crippen LogP contribution is -2.32. The third-order valence-electron chi connectivity index (χ3n) is 3.89. The number of aromatic nitrogens is 3. The van der Waals surface area contributed by atoms with Crippen molar-refractivity contribution >= 4 is 11.6 Å². The highest BCUT2D eigenvalue weighted by Gasteiger charge is 2.19. The summed E-state index contributed by atoms with van der Waals surface area (Å²) in [5.74, 6) is -0.0697. The molecule has 0 unspecified atom stereocenters. The van der Waals surface area contributed by atoms with Crippen molar-refractivity contribution in [1.29, 1.82) is 0 Å². The molecule has 0 aliphatic heterocycles. The van der Waals surface area contributed by atoms with E-state index in [9.17, 15) is 4.79 Å². The summed E-state index contributed by atoms with van der Waals surface area (Å²) in [4.78, 5) is 14.2. The first-order valence-corrected chi connectivity index (χ1v) is 7.38. The molecule has 2 rings (SSSR count). The number of carbonyl (C=O) groups is 1. The fraction of sp³-hybridized carbons (Fsp3) is 0.533. The molecule has 1 N–H and O–H groups in total. The van der Waals surface area contributed by atoms with Crippen molar-refractivity contribution in [3.63, 3.8) is 0 Å². The van der Waals surface area contributed by atoms with E-state index in [0.717, 1.165) is 29.3 Å². The van der Waals surface area contributed by atoms with Gasteiger partial charge >= 0.3 is 0 Å². The third-order valence-corrected chi connectivity index (χ3v) is 3.89. The van der Waals surface area contributed by atoms with Gasteiger partial charge in [0, 0.05) is 12.6 Å². The number of nitrogens with zero attached hydrogens (tertiary/aromatic N) is 4. The van der Waals surface area contributed by atoms with E-state index in [1.54, 1.807) is 6.07 Å². The van der Waals surface area contributed by atoms with Crippen LogP contribution < -0.4 is 5.32 Å². The van der Waals surface area contributed by atoms with Gasteiger partial charge in [-0.2, -0.15) is 5.10 Å². The lowest BCUT2D eigenvalue weighted by atomic mass is 10.2. The van der Waals surface area contributed by atoms with E-state index < -0.39 is 0 Å². The molecule has 1 atom stereocenters. The molecule has 7 heteroatoms. The number of hydrogen-bond acceptors (Lipinski definition) is 5. The first-order valence-electron chi connectivity index (χ1n) is 7.38. The Bertz CT molecular complexity index is 633. The maximum absolute atomic E-state index is 12.3. The first-order chi connectivity index (χ1) is 10.4. The van der Waals surface area contributed by atoms with Crippen molar-refractivity contribution in [1.82, 2.24) is 19.8 Å². The second kappa shape index (κ2) is 6.74. The average molecular weight is 305 g/mol. The Hall–Kier alpha value is -2.15. The average Bonchev–Trinajstić information content (AvgIpc) is 3.10. The van der Waals surface area contributed by atoms with Crippen LogP contribution in [0.5, 0.6) is 0 Å². The van der Waals surface area contributed by atoms with E-state index in [4.69, 9.17) is 4.52 Å². The molecule has 120 valence electrons. The zero-order valence-electron chi connectivity index (χ0n) is 13.8. The highest BCUT2D eigenvalue weighted by atomic mass is 16.5. The van der Waals surface area contributed by atoms with Gasteiger partial charge in [0.2, 0.25) is 5.91 Å². The van der Waals surface area contributed by atoms with E-state index in [2.05, 4.69) is 15.6 Å². The Labute approximate surface area is 130 Å². The molecule has 2 aromatic rings. The zero-order chi connectivity index (χ0) is 16.3. The summed E-state index contributed by atoms with van der Waals surface area (Å²) in [7, 11) is 1.88. The van der Waals surface area contributed by atoms with Crippen LogP contribution in [0, 0.1) is 13.8 Å². The summed E-state index contributed by atoms with van der Waals surface area (Å²) >= 11 is 0. The normalized spacial score (nSPS) is 12.6. The Morgan fingerprint density at radius 2 is 2.23 bits per heavy atom. The molecule has 0 spiro atoms. The van der Waals surface area contributed by atoms with Crippen LogP contribution in [0.1, 0.15) is 37.0 Å². The highest BCUT2D eigenvalue weighted by molar-refractivity contribution is 5.93. The van der Waals surface area contributed by atoms with Crippen LogP contribution in [0.3, 0.4) is 0 Å². The molecule has 0 saturated carbocycles. The molecule has 2 heterocycles. The summed E-state index contributed by atoms with van der Waals surface area (Å²) in [5.41, 5.74) is 3.41. The van der Waals surface area contributed by atoms with Gasteiger partial charge in [-0.15, -0.1) is 0 Å². The van der Waals surface area contributed by atoms with E-state index >= 15 is 0 Å². The molecular formula is C15H23N5O2. The monoisotopic (exact) mass is 305 g/mol. The van der Waals surface area contributed by atoms with Crippen molar-refractivity contribution < 1.29 is 9.32 Å². The minimum absolute atomic E-state index is 0.00468. The van der Waals surface area contributed by atoms with Crippen molar-refractivity contribution in [2.75, 3.05) is 18.9 Å². The number of aryl methyl sites for hydroxylation is 2. The minimum atomic E-state index is -0.0697. The second-order valence-corrected chi connectivity index (χ2v) is 5.43. The molecule has 0 aliphatic carbocycles. The molecule has 1 amide bonds. The maximum Gasteiger partial charge on any atom is 0.238 e. The van der Waals surface area contributed by atoms with E-state index in [1.165, 1.54) is 6.26 Å². The second-order valence-electron chi connectivity index (χ2n) is 5.43.